The summed E-state index contributed by atoms with van der Waals surface area (Å²) in [5.41, 5.74) is 1.02. The van der Waals surface area contributed by atoms with Crippen molar-refractivity contribution >= 4 is 15.9 Å². The second-order valence-corrected chi connectivity index (χ2v) is 8.65. The number of hydrogen-bond acceptors (Lipinski definition) is 1. The van der Waals surface area contributed by atoms with E-state index in [2.05, 4.69) is 36.7 Å². The standard InChI is InChI=1S/C17H29BrO/c1-15(2)13-7-10-16(15,3)14(11-13)19-17(12-18)8-5-4-6-9-17/h13-14H,4-12H2,1-3H3. The summed E-state index contributed by atoms with van der Waals surface area (Å²) in [7, 11) is 0. The Bertz CT molecular complexity index is 345. The van der Waals surface area contributed by atoms with E-state index in [1.807, 2.05) is 0 Å². The van der Waals surface area contributed by atoms with E-state index in [1.165, 1.54) is 51.4 Å². The SMILES string of the molecule is CC1(C)C2CCC1(C)C(OC1(CBr)CCCCC1)C2. The molecule has 3 fully saturated rings. The quantitative estimate of drug-likeness (QED) is 0.637. The van der Waals surface area contributed by atoms with Gasteiger partial charge in [0.25, 0.3) is 0 Å². The zero-order chi connectivity index (χ0) is 13.7. The average Bonchev–Trinajstić information content (AvgIpc) is 2.73. The second kappa shape index (κ2) is 4.73. The first-order valence-corrected chi connectivity index (χ1v) is 9.29. The highest BCUT2D eigenvalue weighted by Crippen LogP contribution is 2.66. The predicted molar refractivity (Wildman–Crippen MR) is 83.7 cm³/mol. The van der Waals surface area contributed by atoms with Gasteiger partial charge in [-0.15, -0.1) is 0 Å². The molecule has 3 unspecified atom stereocenters. The topological polar surface area (TPSA) is 9.23 Å². The van der Waals surface area contributed by atoms with Gasteiger partial charge in [0.05, 0.1) is 11.7 Å². The molecule has 3 saturated carbocycles. The Hall–Kier alpha value is 0.440. The third kappa shape index (κ3) is 2.04. The van der Waals surface area contributed by atoms with E-state index in [4.69, 9.17) is 4.74 Å². The fraction of sp³-hybridized carbons (Fsp3) is 1.00. The lowest BCUT2D eigenvalue weighted by Gasteiger charge is -2.45. The molecule has 0 amide bonds. The van der Waals surface area contributed by atoms with Crippen molar-refractivity contribution in [1.29, 1.82) is 0 Å². The zero-order valence-electron chi connectivity index (χ0n) is 12.8. The highest BCUT2D eigenvalue weighted by atomic mass is 79.9. The minimum Gasteiger partial charge on any atom is -0.370 e. The van der Waals surface area contributed by atoms with Gasteiger partial charge in [-0.2, -0.15) is 0 Å². The van der Waals surface area contributed by atoms with Crippen LogP contribution in [0.4, 0.5) is 0 Å². The number of fused-ring (bicyclic) bond motifs is 2. The van der Waals surface area contributed by atoms with Crippen molar-refractivity contribution in [2.75, 3.05) is 5.33 Å². The van der Waals surface area contributed by atoms with Gasteiger partial charge >= 0.3 is 0 Å². The normalized spacial score (nSPS) is 43.6. The van der Waals surface area contributed by atoms with Crippen LogP contribution in [0.15, 0.2) is 0 Å². The van der Waals surface area contributed by atoms with Crippen molar-refractivity contribution in [3.8, 4) is 0 Å². The van der Waals surface area contributed by atoms with Gasteiger partial charge in [0, 0.05) is 5.33 Å². The molecule has 0 aliphatic heterocycles. The number of rotatable bonds is 3. The Balaban J connectivity index is 1.77. The van der Waals surface area contributed by atoms with Crippen LogP contribution in [0.2, 0.25) is 0 Å². The number of alkyl halides is 1. The maximum Gasteiger partial charge on any atom is 0.0782 e. The van der Waals surface area contributed by atoms with Crippen molar-refractivity contribution in [2.45, 2.75) is 83.8 Å². The summed E-state index contributed by atoms with van der Waals surface area (Å²) < 4.78 is 6.81. The fourth-order valence-electron chi connectivity index (χ4n) is 5.09. The molecule has 0 saturated heterocycles. The minimum absolute atomic E-state index is 0.145. The van der Waals surface area contributed by atoms with E-state index in [9.17, 15) is 0 Å². The van der Waals surface area contributed by atoms with Gasteiger partial charge in [-0.1, -0.05) is 56.0 Å². The van der Waals surface area contributed by atoms with Crippen LogP contribution in [-0.4, -0.2) is 17.0 Å². The zero-order valence-corrected chi connectivity index (χ0v) is 14.4. The molecule has 0 aromatic heterocycles. The third-order valence-electron chi connectivity index (χ3n) is 7.11. The summed E-state index contributed by atoms with van der Waals surface area (Å²) in [5, 5.41) is 1.03. The largest absolute Gasteiger partial charge is 0.370 e. The Labute approximate surface area is 127 Å². The first-order chi connectivity index (χ1) is 8.94. The Morgan fingerprint density at radius 3 is 2.21 bits per heavy atom. The Morgan fingerprint density at radius 1 is 1.05 bits per heavy atom. The Kier molecular flexibility index (Phi) is 3.58. The molecule has 0 aromatic rings. The number of hydrogen-bond donors (Lipinski definition) is 0. The predicted octanol–water partition coefficient (Wildman–Crippen LogP) is 5.32. The minimum atomic E-state index is 0.145. The van der Waals surface area contributed by atoms with E-state index in [1.54, 1.807) is 0 Å². The lowest BCUT2D eigenvalue weighted by atomic mass is 9.69. The van der Waals surface area contributed by atoms with E-state index in [0.29, 0.717) is 16.9 Å². The van der Waals surface area contributed by atoms with Crippen LogP contribution >= 0.6 is 15.9 Å². The van der Waals surface area contributed by atoms with Crippen LogP contribution < -0.4 is 0 Å². The summed E-state index contributed by atoms with van der Waals surface area (Å²) in [4.78, 5) is 0. The van der Waals surface area contributed by atoms with Crippen LogP contribution in [0.25, 0.3) is 0 Å². The molecule has 3 aliphatic rings. The van der Waals surface area contributed by atoms with Crippen molar-refractivity contribution in [1.82, 2.24) is 0 Å². The van der Waals surface area contributed by atoms with E-state index < -0.39 is 0 Å². The van der Waals surface area contributed by atoms with Gasteiger partial charge in [0.1, 0.15) is 0 Å². The Morgan fingerprint density at radius 2 is 1.74 bits per heavy atom. The summed E-state index contributed by atoms with van der Waals surface area (Å²) in [6.45, 7) is 7.46. The van der Waals surface area contributed by atoms with Gasteiger partial charge in [-0.3, -0.25) is 0 Å². The molecule has 1 nitrogen and oxygen atoms in total. The lowest BCUT2D eigenvalue weighted by molar-refractivity contribution is -0.145. The number of halogens is 1. The molecular formula is C17H29BrO. The summed E-state index contributed by atoms with van der Waals surface area (Å²) in [6.07, 6.45) is 11.2. The van der Waals surface area contributed by atoms with Crippen LogP contribution in [-0.2, 0) is 4.74 Å². The molecule has 110 valence electrons. The molecule has 3 aliphatic carbocycles. The average molecular weight is 329 g/mol. The first kappa shape index (κ1) is 14.4. The molecule has 2 bridgehead atoms. The maximum atomic E-state index is 6.81. The third-order valence-corrected chi connectivity index (χ3v) is 8.14. The summed E-state index contributed by atoms with van der Waals surface area (Å²) in [6, 6.07) is 0. The van der Waals surface area contributed by atoms with Gasteiger partial charge < -0.3 is 4.74 Å². The van der Waals surface area contributed by atoms with Crippen LogP contribution in [0.1, 0.15) is 72.1 Å². The van der Waals surface area contributed by atoms with Crippen LogP contribution in [0, 0.1) is 16.7 Å². The fourth-order valence-corrected chi connectivity index (χ4v) is 5.78. The van der Waals surface area contributed by atoms with E-state index in [-0.39, 0.29) is 5.60 Å². The van der Waals surface area contributed by atoms with Crippen LogP contribution in [0.5, 0.6) is 0 Å². The van der Waals surface area contributed by atoms with Gasteiger partial charge in [0.2, 0.25) is 0 Å². The first-order valence-electron chi connectivity index (χ1n) is 8.17. The maximum absolute atomic E-state index is 6.81. The molecule has 0 spiro atoms. The lowest BCUT2D eigenvalue weighted by Crippen LogP contribution is -2.46. The highest BCUT2D eigenvalue weighted by molar-refractivity contribution is 9.09. The number of ether oxygens (including phenoxy) is 1. The van der Waals surface area contributed by atoms with Crippen molar-refractivity contribution < 1.29 is 4.74 Å². The monoisotopic (exact) mass is 328 g/mol. The van der Waals surface area contributed by atoms with E-state index in [0.717, 1.165) is 11.2 Å². The molecule has 0 radical (unpaired) electrons. The van der Waals surface area contributed by atoms with Gasteiger partial charge in [-0.05, 0) is 48.9 Å². The van der Waals surface area contributed by atoms with Crippen molar-refractivity contribution in [3.63, 3.8) is 0 Å². The molecule has 3 atom stereocenters. The summed E-state index contributed by atoms with van der Waals surface area (Å²) >= 11 is 3.75. The molecule has 3 rings (SSSR count). The van der Waals surface area contributed by atoms with E-state index >= 15 is 0 Å². The molecule has 19 heavy (non-hydrogen) atoms. The van der Waals surface area contributed by atoms with Gasteiger partial charge in [-0.25, -0.2) is 0 Å². The van der Waals surface area contributed by atoms with Crippen molar-refractivity contribution in [2.24, 2.45) is 16.7 Å². The van der Waals surface area contributed by atoms with Crippen LogP contribution in [0.3, 0.4) is 0 Å². The highest BCUT2D eigenvalue weighted by Gasteiger charge is 2.62. The second-order valence-electron chi connectivity index (χ2n) is 8.09. The smallest absolute Gasteiger partial charge is 0.0782 e. The van der Waals surface area contributed by atoms with Gasteiger partial charge in [0.15, 0.2) is 0 Å². The molecule has 0 heterocycles. The van der Waals surface area contributed by atoms with Crippen molar-refractivity contribution in [3.05, 3.63) is 0 Å². The molecule has 2 heteroatoms. The molecule has 0 N–H and O–H groups in total. The molecular weight excluding hydrogens is 300 g/mol. The summed E-state index contributed by atoms with van der Waals surface area (Å²) in [5.74, 6) is 0.887. The molecule has 0 aromatic carbocycles.